The van der Waals surface area contributed by atoms with Gasteiger partial charge < -0.3 is 5.73 Å². The van der Waals surface area contributed by atoms with Crippen molar-refractivity contribution in [2.45, 2.75) is 6.54 Å². The maximum atomic E-state index is 11.8. The summed E-state index contributed by atoms with van der Waals surface area (Å²) in [6, 6.07) is 5.47. The largest absolute Gasteiger partial charge is 0.326 e. The molecule has 0 bridgehead atoms. The standard InChI is InChI=1S/C11H12N4O/c1-14-10-4-8(6-13)7(5-12)3-9(10)11(16)15(14)2/h3-4H,6,13H2,1-2H3. The Balaban J connectivity index is 2.96. The lowest BCUT2D eigenvalue weighted by Crippen LogP contribution is -2.16. The minimum Gasteiger partial charge on any atom is -0.326 e. The number of nitrogens with zero attached hydrogens (tertiary/aromatic N) is 3. The van der Waals surface area contributed by atoms with Crippen LogP contribution in [0.15, 0.2) is 16.9 Å². The summed E-state index contributed by atoms with van der Waals surface area (Å²) in [6.45, 7) is 0.294. The second-order valence-corrected chi connectivity index (χ2v) is 3.69. The van der Waals surface area contributed by atoms with Crippen LogP contribution in [0.2, 0.25) is 0 Å². The third kappa shape index (κ3) is 1.24. The number of hydrogen-bond acceptors (Lipinski definition) is 3. The number of nitrogens with two attached hydrogens (primary N) is 1. The SMILES string of the molecule is Cn1c(=O)c2cc(C#N)c(CN)cc2n1C. The summed E-state index contributed by atoms with van der Waals surface area (Å²) < 4.78 is 3.25. The Kier molecular flexibility index (Phi) is 2.29. The monoisotopic (exact) mass is 216 g/mol. The van der Waals surface area contributed by atoms with Crippen molar-refractivity contribution in [2.75, 3.05) is 0 Å². The topological polar surface area (TPSA) is 76.7 Å². The van der Waals surface area contributed by atoms with Gasteiger partial charge >= 0.3 is 0 Å². The lowest BCUT2D eigenvalue weighted by Gasteiger charge is -2.03. The van der Waals surface area contributed by atoms with Gasteiger partial charge in [0.05, 0.1) is 22.5 Å². The van der Waals surface area contributed by atoms with Crippen molar-refractivity contribution in [3.05, 3.63) is 33.6 Å². The molecule has 2 rings (SSSR count). The van der Waals surface area contributed by atoms with Crippen LogP contribution >= 0.6 is 0 Å². The van der Waals surface area contributed by atoms with Gasteiger partial charge in [0.15, 0.2) is 0 Å². The molecule has 0 radical (unpaired) electrons. The average molecular weight is 216 g/mol. The van der Waals surface area contributed by atoms with Crippen molar-refractivity contribution in [3.8, 4) is 6.07 Å². The van der Waals surface area contributed by atoms with E-state index in [1.165, 1.54) is 4.68 Å². The second-order valence-electron chi connectivity index (χ2n) is 3.69. The first-order valence-electron chi connectivity index (χ1n) is 4.89. The van der Waals surface area contributed by atoms with E-state index in [0.29, 0.717) is 17.5 Å². The Hall–Kier alpha value is -2.06. The molecule has 0 saturated heterocycles. The molecule has 1 aromatic heterocycles. The number of aromatic nitrogens is 2. The molecule has 0 aliphatic rings. The van der Waals surface area contributed by atoms with Gasteiger partial charge in [0.2, 0.25) is 0 Å². The lowest BCUT2D eigenvalue weighted by molar-refractivity contribution is 0.595. The molecule has 2 aromatic rings. The number of nitriles is 1. The van der Waals surface area contributed by atoms with Crippen molar-refractivity contribution in [1.82, 2.24) is 9.36 Å². The van der Waals surface area contributed by atoms with Crippen LogP contribution in [-0.2, 0) is 20.6 Å². The van der Waals surface area contributed by atoms with Gasteiger partial charge in [-0.3, -0.25) is 14.2 Å². The maximum Gasteiger partial charge on any atom is 0.274 e. The molecule has 0 unspecified atom stereocenters. The van der Waals surface area contributed by atoms with E-state index in [1.807, 2.05) is 0 Å². The van der Waals surface area contributed by atoms with Gasteiger partial charge in [0, 0.05) is 20.6 Å². The highest BCUT2D eigenvalue weighted by Crippen LogP contribution is 2.16. The van der Waals surface area contributed by atoms with Crippen molar-refractivity contribution in [2.24, 2.45) is 19.8 Å². The number of fused-ring (bicyclic) bond motifs is 1. The smallest absolute Gasteiger partial charge is 0.274 e. The van der Waals surface area contributed by atoms with E-state index in [1.54, 1.807) is 30.9 Å². The van der Waals surface area contributed by atoms with Crippen molar-refractivity contribution in [3.63, 3.8) is 0 Å². The fraction of sp³-hybridized carbons (Fsp3) is 0.273. The zero-order valence-electron chi connectivity index (χ0n) is 9.19. The van der Waals surface area contributed by atoms with Gasteiger partial charge in [0.1, 0.15) is 0 Å². The molecular weight excluding hydrogens is 204 g/mol. The van der Waals surface area contributed by atoms with E-state index < -0.39 is 0 Å². The minimum absolute atomic E-state index is 0.0995. The van der Waals surface area contributed by atoms with E-state index >= 15 is 0 Å². The lowest BCUT2D eigenvalue weighted by atomic mass is 10.1. The van der Waals surface area contributed by atoms with Crippen LogP contribution in [0.3, 0.4) is 0 Å². The average Bonchev–Trinajstić information content (AvgIpc) is 2.52. The summed E-state index contributed by atoms with van der Waals surface area (Å²) in [6.07, 6.45) is 0. The molecule has 1 heterocycles. The quantitative estimate of drug-likeness (QED) is 0.740. The highest BCUT2D eigenvalue weighted by molar-refractivity contribution is 5.81. The summed E-state index contributed by atoms with van der Waals surface area (Å²) in [7, 11) is 3.49. The van der Waals surface area contributed by atoms with Gasteiger partial charge in [-0.2, -0.15) is 5.26 Å². The van der Waals surface area contributed by atoms with Crippen LogP contribution in [-0.4, -0.2) is 9.36 Å². The normalized spacial score (nSPS) is 10.6. The van der Waals surface area contributed by atoms with Crippen molar-refractivity contribution < 1.29 is 0 Å². The van der Waals surface area contributed by atoms with E-state index in [9.17, 15) is 4.79 Å². The van der Waals surface area contributed by atoms with E-state index in [2.05, 4.69) is 6.07 Å². The first-order chi connectivity index (χ1) is 7.60. The van der Waals surface area contributed by atoms with Gasteiger partial charge in [0.25, 0.3) is 5.56 Å². The van der Waals surface area contributed by atoms with Crippen LogP contribution in [0.4, 0.5) is 0 Å². The number of hydrogen-bond donors (Lipinski definition) is 1. The molecule has 0 spiro atoms. The molecule has 5 heteroatoms. The van der Waals surface area contributed by atoms with Crippen LogP contribution < -0.4 is 11.3 Å². The van der Waals surface area contributed by atoms with Crippen LogP contribution in [0, 0.1) is 11.3 Å². The summed E-state index contributed by atoms with van der Waals surface area (Å²) in [5.41, 5.74) is 7.50. The van der Waals surface area contributed by atoms with E-state index in [0.717, 1.165) is 11.1 Å². The van der Waals surface area contributed by atoms with Crippen molar-refractivity contribution in [1.29, 1.82) is 5.26 Å². The first-order valence-corrected chi connectivity index (χ1v) is 4.89. The fourth-order valence-corrected chi connectivity index (χ4v) is 1.82. The van der Waals surface area contributed by atoms with Crippen LogP contribution in [0.5, 0.6) is 0 Å². The number of benzene rings is 1. The Bertz CT molecular complexity index is 657. The molecule has 0 atom stereocenters. The molecule has 1 aromatic carbocycles. The molecule has 0 aliphatic heterocycles. The zero-order chi connectivity index (χ0) is 11.9. The molecule has 0 saturated carbocycles. The summed E-state index contributed by atoms with van der Waals surface area (Å²) in [5, 5.41) is 9.51. The Morgan fingerprint density at radius 2 is 2.06 bits per heavy atom. The molecule has 5 nitrogen and oxygen atoms in total. The van der Waals surface area contributed by atoms with Crippen molar-refractivity contribution >= 4 is 10.9 Å². The Labute approximate surface area is 92.3 Å². The van der Waals surface area contributed by atoms with Gasteiger partial charge in [-0.1, -0.05) is 0 Å². The van der Waals surface area contributed by atoms with Gasteiger partial charge in [-0.15, -0.1) is 0 Å². The predicted molar refractivity (Wildman–Crippen MR) is 60.8 cm³/mol. The van der Waals surface area contributed by atoms with Crippen LogP contribution in [0.25, 0.3) is 10.9 Å². The molecular formula is C11H12N4O. The molecule has 2 N–H and O–H groups in total. The zero-order valence-corrected chi connectivity index (χ0v) is 9.19. The first kappa shape index (κ1) is 10.5. The maximum absolute atomic E-state index is 11.8. The molecule has 0 fully saturated rings. The third-order valence-corrected chi connectivity index (χ3v) is 2.88. The summed E-state index contributed by atoms with van der Waals surface area (Å²) in [4.78, 5) is 11.8. The highest BCUT2D eigenvalue weighted by atomic mass is 16.1. The van der Waals surface area contributed by atoms with Crippen LogP contribution in [0.1, 0.15) is 11.1 Å². The summed E-state index contributed by atoms with van der Waals surface area (Å²) in [5.74, 6) is 0. The number of rotatable bonds is 1. The van der Waals surface area contributed by atoms with Gasteiger partial charge in [-0.05, 0) is 17.7 Å². The Morgan fingerprint density at radius 3 is 2.62 bits per heavy atom. The second kappa shape index (κ2) is 3.51. The third-order valence-electron chi connectivity index (χ3n) is 2.88. The van der Waals surface area contributed by atoms with E-state index in [-0.39, 0.29) is 5.56 Å². The van der Waals surface area contributed by atoms with Gasteiger partial charge in [-0.25, -0.2) is 0 Å². The fourth-order valence-electron chi connectivity index (χ4n) is 1.82. The Morgan fingerprint density at radius 1 is 1.38 bits per heavy atom. The molecule has 0 amide bonds. The molecule has 82 valence electrons. The number of aryl methyl sites for hydroxylation is 1. The predicted octanol–water partition coefficient (Wildman–Crippen LogP) is 0.207. The van der Waals surface area contributed by atoms with E-state index in [4.69, 9.17) is 11.0 Å². The highest BCUT2D eigenvalue weighted by Gasteiger charge is 2.11. The minimum atomic E-state index is -0.0995. The summed E-state index contributed by atoms with van der Waals surface area (Å²) >= 11 is 0. The molecule has 16 heavy (non-hydrogen) atoms. The molecule has 0 aliphatic carbocycles.